The normalized spacial score (nSPS) is 14.3. The molecule has 0 bridgehead atoms. The first kappa shape index (κ1) is 16.4. The van der Waals surface area contributed by atoms with Gasteiger partial charge in [0.2, 0.25) is 0 Å². The first-order valence-corrected chi connectivity index (χ1v) is 6.84. The van der Waals surface area contributed by atoms with E-state index < -0.39 is 11.9 Å². The van der Waals surface area contributed by atoms with Crippen LogP contribution in [0.15, 0.2) is 0 Å². The molecule has 0 fully saturated rings. The Kier molecular flexibility index (Phi) is 9.14. The summed E-state index contributed by atoms with van der Waals surface area (Å²) in [5.74, 6) is -0.546. The second kappa shape index (κ2) is 9.46. The third-order valence-corrected chi connectivity index (χ3v) is 3.25. The lowest BCUT2D eigenvalue weighted by Crippen LogP contribution is -2.18. The lowest BCUT2D eigenvalue weighted by Gasteiger charge is -2.13. The molecule has 4 heteroatoms. The number of hydrogen-bond donors (Lipinski definition) is 1. The Hall–Kier alpha value is -0.570. The molecule has 0 spiro atoms. The summed E-state index contributed by atoms with van der Waals surface area (Å²) in [7, 11) is 0. The van der Waals surface area contributed by atoms with E-state index in [1.165, 1.54) is 0 Å². The highest BCUT2D eigenvalue weighted by atomic mass is 35.5. The number of aliphatic carboxylic acids is 1. The number of hydrogen-bond acceptors (Lipinski definition) is 2. The molecule has 0 amide bonds. The molecule has 0 aromatic rings. The fourth-order valence-electron chi connectivity index (χ4n) is 1.76. The number of halogens is 1. The van der Waals surface area contributed by atoms with E-state index >= 15 is 0 Å². The highest BCUT2D eigenvalue weighted by molar-refractivity contribution is 6.17. The van der Waals surface area contributed by atoms with Gasteiger partial charge in [0.25, 0.3) is 0 Å². The van der Waals surface area contributed by atoms with Crippen LogP contribution >= 0.6 is 11.6 Å². The smallest absolute Gasteiger partial charge is 0.306 e. The molecule has 2 atom stereocenters. The molecular weight excluding hydrogens is 240 g/mol. The Morgan fingerprint density at radius 1 is 1.06 bits per heavy atom. The van der Waals surface area contributed by atoms with E-state index in [1.807, 2.05) is 6.92 Å². The molecule has 0 heterocycles. The molecule has 0 aromatic heterocycles. The predicted molar refractivity (Wildman–Crippen MR) is 69.4 cm³/mol. The maximum atomic E-state index is 11.7. The fraction of sp³-hybridized carbons (Fsp3) is 0.846. The molecule has 17 heavy (non-hydrogen) atoms. The van der Waals surface area contributed by atoms with E-state index in [2.05, 4.69) is 0 Å². The van der Waals surface area contributed by atoms with Crippen molar-refractivity contribution in [3.63, 3.8) is 0 Å². The van der Waals surface area contributed by atoms with Gasteiger partial charge in [-0.1, -0.05) is 26.7 Å². The zero-order chi connectivity index (χ0) is 13.3. The maximum Gasteiger partial charge on any atom is 0.306 e. The summed E-state index contributed by atoms with van der Waals surface area (Å²) >= 11 is 5.56. The molecule has 100 valence electrons. The average Bonchev–Trinajstić information content (AvgIpc) is 2.28. The predicted octanol–water partition coefficient (Wildman–Crippen LogP) is 3.49. The second-order valence-corrected chi connectivity index (χ2v) is 5.07. The summed E-state index contributed by atoms with van der Waals surface area (Å²) in [5, 5.41) is 8.76. The number of carbonyl (C=O) groups excluding carboxylic acids is 1. The van der Waals surface area contributed by atoms with Gasteiger partial charge >= 0.3 is 5.97 Å². The van der Waals surface area contributed by atoms with Crippen LogP contribution in [0.2, 0.25) is 0 Å². The van der Waals surface area contributed by atoms with Gasteiger partial charge in [0, 0.05) is 18.2 Å². The minimum Gasteiger partial charge on any atom is -0.481 e. The quantitative estimate of drug-likeness (QED) is 0.484. The lowest BCUT2D eigenvalue weighted by molar-refractivity contribution is -0.141. The Labute approximate surface area is 109 Å². The van der Waals surface area contributed by atoms with Crippen molar-refractivity contribution in [2.45, 2.75) is 52.4 Å². The zero-order valence-corrected chi connectivity index (χ0v) is 11.5. The number of Topliss-reactive ketones (excluding diaryl/α,β-unsaturated/α-hetero) is 1. The molecule has 0 saturated heterocycles. The maximum absolute atomic E-state index is 11.7. The van der Waals surface area contributed by atoms with Gasteiger partial charge in [-0.3, -0.25) is 9.59 Å². The molecule has 0 unspecified atom stereocenters. The molecule has 0 rings (SSSR count). The van der Waals surface area contributed by atoms with Crippen molar-refractivity contribution in [2.24, 2.45) is 11.8 Å². The van der Waals surface area contributed by atoms with Gasteiger partial charge in [0.1, 0.15) is 5.78 Å². The van der Waals surface area contributed by atoms with Crippen molar-refractivity contribution in [3.05, 3.63) is 0 Å². The van der Waals surface area contributed by atoms with Crippen LogP contribution in [-0.4, -0.2) is 22.7 Å². The van der Waals surface area contributed by atoms with Gasteiger partial charge in [-0.05, 0) is 19.3 Å². The molecule has 3 nitrogen and oxygen atoms in total. The van der Waals surface area contributed by atoms with Gasteiger partial charge in [-0.2, -0.15) is 0 Å². The van der Waals surface area contributed by atoms with Crippen molar-refractivity contribution in [3.8, 4) is 0 Å². The third-order valence-electron chi connectivity index (χ3n) is 2.99. The van der Waals surface area contributed by atoms with Gasteiger partial charge in [0.05, 0.1) is 5.92 Å². The van der Waals surface area contributed by atoms with Gasteiger partial charge < -0.3 is 5.11 Å². The number of unbranched alkanes of at least 4 members (excludes halogenated alkanes) is 3. The first-order chi connectivity index (χ1) is 7.99. The van der Waals surface area contributed by atoms with Crippen molar-refractivity contribution < 1.29 is 14.7 Å². The average molecular weight is 263 g/mol. The standard InChI is InChI=1S/C13H23ClO3/c1-10(9-11(2)13(16)17)12(15)7-5-3-4-6-8-14/h10-11H,3-9H2,1-2H3,(H,16,17)/t10-,11+/m0/s1. The minimum atomic E-state index is -0.827. The number of alkyl halides is 1. The zero-order valence-electron chi connectivity index (χ0n) is 10.7. The fourth-order valence-corrected chi connectivity index (χ4v) is 1.95. The topological polar surface area (TPSA) is 54.4 Å². The van der Waals surface area contributed by atoms with Crippen LogP contribution in [0.3, 0.4) is 0 Å². The van der Waals surface area contributed by atoms with Gasteiger partial charge in [-0.25, -0.2) is 0 Å². The largest absolute Gasteiger partial charge is 0.481 e. The minimum absolute atomic E-state index is 0.144. The van der Waals surface area contributed by atoms with E-state index in [9.17, 15) is 9.59 Å². The third kappa shape index (κ3) is 8.19. The number of rotatable bonds is 10. The van der Waals surface area contributed by atoms with Crippen molar-refractivity contribution in [1.82, 2.24) is 0 Å². The molecule has 1 N–H and O–H groups in total. The van der Waals surface area contributed by atoms with Crippen LogP contribution in [0, 0.1) is 11.8 Å². The Bertz CT molecular complexity index is 241. The van der Waals surface area contributed by atoms with E-state index in [4.69, 9.17) is 16.7 Å². The molecule has 0 aliphatic carbocycles. The molecule has 0 saturated carbocycles. The van der Waals surface area contributed by atoms with E-state index in [0.29, 0.717) is 18.7 Å². The van der Waals surface area contributed by atoms with E-state index in [-0.39, 0.29) is 11.7 Å². The number of carboxylic acid groups (broad SMARTS) is 1. The van der Waals surface area contributed by atoms with E-state index in [0.717, 1.165) is 25.7 Å². The molecule has 0 aromatic carbocycles. The van der Waals surface area contributed by atoms with Crippen molar-refractivity contribution in [1.29, 1.82) is 0 Å². The highest BCUT2D eigenvalue weighted by Crippen LogP contribution is 2.16. The second-order valence-electron chi connectivity index (χ2n) is 4.70. The number of carboxylic acids is 1. The van der Waals surface area contributed by atoms with Crippen LogP contribution in [-0.2, 0) is 9.59 Å². The van der Waals surface area contributed by atoms with Crippen LogP contribution in [0.5, 0.6) is 0 Å². The number of carbonyl (C=O) groups is 2. The van der Waals surface area contributed by atoms with E-state index in [1.54, 1.807) is 6.92 Å². The summed E-state index contributed by atoms with van der Waals surface area (Å²) in [4.78, 5) is 22.4. The van der Waals surface area contributed by atoms with Crippen molar-refractivity contribution in [2.75, 3.05) is 5.88 Å². The summed E-state index contributed by atoms with van der Waals surface area (Å²) in [6.45, 7) is 3.47. The summed E-state index contributed by atoms with van der Waals surface area (Å²) in [6.07, 6.45) is 4.99. The lowest BCUT2D eigenvalue weighted by atomic mass is 9.91. The summed E-state index contributed by atoms with van der Waals surface area (Å²) < 4.78 is 0. The van der Waals surface area contributed by atoms with Crippen LogP contribution < -0.4 is 0 Å². The van der Waals surface area contributed by atoms with Crippen molar-refractivity contribution >= 4 is 23.4 Å². The molecular formula is C13H23ClO3. The van der Waals surface area contributed by atoms with Crippen LogP contribution in [0.25, 0.3) is 0 Å². The monoisotopic (exact) mass is 262 g/mol. The Morgan fingerprint density at radius 3 is 2.18 bits per heavy atom. The van der Waals surface area contributed by atoms with Crippen LogP contribution in [0.1, 0.15) is 52.4 Å². The SMILES string of the molecule is C[C@H](C[C@H](C)C(=O)CCCCCCCl)C(=O)O. The number of ketones is 1. The molecule has 0 radical (unpaired) electrons. The highest BCUT2D eigenvalue weighted by Gasteiger charge is 2.19. The molecule has 0 aliphatic rings. The van der Waals surface area contributed by atoms with Gasteiger partial charge in [0.15, 0.2) is 0 Å². The summed E-state index contributed by atoms with van der Waals surface area (Å²) in [5.41, 5.74) is 0. The molecule has 0 aliphatic heterocycles. The Balaban J connectivity index is 3.71. The van der Waals surface area contributed by atoms with Crippen LogP contribution in [0.4, 0.5) is 0 Å². The summed E-state index contributed by atoms with van der Waals surface area (Å²) in [6, 6.07) is 0. The Morgan fingerprint density at radius 2 is 1.65 bits per heavy atom. The van der Waals surface area contributed by atoms with Gasteiger partial charge in [-0.15, -0.1) is 11.6 Å². The first-order valence-electron chi connectivity index (χ1n) is 6.30.